The van der Waals surface area contributed by atoms with Gasteiger partial charge in [0.15, 0.2) is 11.6 Å². The Kier molecular flexibility index (Phi) is 8.29. The van der Waals surface area contributed by atoms with Crippen molar-refractivity contribution in [3.05, 3.63) is 82.3 Å². The quantitative estimate of drug-likeness (QED) is 0.345. The number of aliphatic hydroxyl groups is 2. The van der Waals surface area contributed by atoms with Gasteiger partial charge in [-0.3, -0.25) is 19.6 Å². The van der Waals surface area contributed by atoms with Gasteiger partial charge < -0.3 is 10.2 Å². The van der Waals surface area contributed by atoms with Crippen LogP contribution >= 0.6 is 0 Å². The Bertz CT molecular complexity index is 1360. The smallest absolute Gasteiger partial charge is 0.168 e. The number of allylic oxidation sites excluding steroid dienone is 4. The molecule has 0 aromatic heterocycles. The summed E-state index contributed by atoms with van der Waals surface area (Å²) in [4.78, 5) is 36.5. The standard InChI is InChI=1S/C34H40N2O4/c1-21-11-7-9-13-23(21)35-25(31-27(37)17-33(3,4)18-28(31)38)15-16-26(36-24-14-10-8-12-22(24)2)32-29(39)19-34(5,6)20-30(32)40/h7-14,37,39H,15-20H2,1-6H3. The minimum atomic E-state index is -0.339. The van der Waals surface area contributed by atoms with Crippen LogP contribution in [0.4, 0.5) is 11.4 Å². The number of ketones is 2. The van der Waals surface area contributed by atoms with E-state index in [-0.39, 0.29) is 57.9 Å². The number of carbonyl (C=O) groups is 2. The molecule has 2 aliphatic carbocycles. The molecule has 0 spiro atoms. The lowest BCUT2D eigenvalue weighted by molar-refractivity contribution is -0.118. The number of aliphatic imine (C=N–C) groups is 2. The van der Waals surface area contributed by atoms with Crippen LogP contribution in [0, 0.1) is 24.7 Å². The highest BCUT2D eigenvalue weighted by Gasteiger charge is 2.37. The number of para-hydroxylation sites is 2. The Morgan fingerprint density at radius 2 is 1.00 bits per heavy atom. The molecule has 6 heteroatoms. The molecular formula is C34H40N2O4. The second kappa shape index (κ2) is 11.4. The molecule has 2 aromatic carbocycles. The summed E-state index contributed by atoms with van der Waals surface area (Å²) in [6, 6.07) is 15.3. The Hall–Kier alpha value is -3.80. The summed E-state index contributed by atoms with van der Waals surface area (Å²) in [6.07, 6.45) is 1.90. The average molecular weight is 541 g/mol. The Morgan fingerprint density at radius 3 is 1.32 bits per heavy atom. The van der Waals surface area contributed by atoms with E-state index in [1.54, 1.807) is 0 Å². The van der Waals surface area contributed by atoms with Crippen molar-refractivity contribution in [3.8, 4) is 0 Å². The van der Waals surface area contributed by atoms with Gasteiger partial charge in [0.2, 0.25) is 0 Å². The van der Waals surface area contributed by atoms with Crippen LogP contribution in [0.5, 0.6) is 0 Å². The molecule has 6 nitrogen and oxygen atoms in total. The number of hydrogen-bond donors (Lipinski definition) is 2. The lowest BCUT2D eigenvalue weighted by Crippen LogP contribution is -2.31. The van der Waals surface area contributed by atoms with Gasteiger partial charge >= 0.3 is 0 Å². The molecule has 0 saturated carbocycles. The molecule has 0 fully saturated rings. The summed E-state index contributed by atoms with van der Waals surface area (Å²) in [7, 11) is 0. The van der Waals surface area contributed by atoms with Crippen molar-refractivity contribution in [1.29, 1.82) is 0 Å². The van der Waals surface area contributed by atoms with Crippen LogP contribution in [0.15, 0.2) is 81.2 Å². The molecule has 2 N–H and O–H groups in total. The maximum Gasteiger partial charge on any atom is 0.168 e. The first-order chi connectivity index (χ1) is 18.8. The zero-order valence-electron chi connectivity index (χ0n) is 24.5. The monoisotopic (exact) mass is 540 g/mol. The van der Waals surface area contributed by atoms with Crippen LogP contribution < -0.4 is 0 Å². The van der Waals surface area contributed by atoms with Crippen molar-refractivity contribution in [3.63, 3.8) is 0 Å². The zero-order valence-corrected chi connectivity index (χ0v) is 24.5. The lowest BCUT2D eigenvalue weighted by atomic mass is 9.74. The van der Waals surface area contributed by atoms with Crippen molar-refractivity contribution in [2.75, 3.05) is 0 Å². The maximum absolute atomic E-state index is 13.4. The van der Waals surface area contributed by atoms with Gasteiger partial charge in [0.25, 0.3) is 0 Å². The first-order valence-electron chi connectivity index (χ1n) is 13.9. The van der Waals surface area contributed by atoms with Crippen molar-refractivity contribution in [2.24, 2.45) is 20.8 Å². The largest absolute Gasteiger partial charge is 0.511 e. The molecule has 0 atom stereocenters. The zero-order chi connectivity index (χ0) is 29.2. The third-order valence-corrected chi connectivity index (χ3v) is 7.62. The molecule has 2 aromatic rings. The lowest BCUT2D eigenvalue weighted by Gasteiger charge is -2.31. The molecule has 4 rings (SSSR count). The van der Waals surface area contributed by atoms with Gasteiger partial charge in [-0.25, -0.2) is 0 Å². The SMILES string of the molecule is Cc1ccccc1N=C(CCC(=Nc1ccccc1C)C1=C(O)CC(C)(C)CC1=O)C1=C(O)CC(C)(C)CC1=O. The van der Waals surface area contributed by atoms with E-state index in [4.69, 9.17) is 9.98 Å². The van der Waals surface area contributed by atoms with E-state index in [0.29, 0.717) is 48.5 Å². The number of nitrogens with zero attached hydrogens (tertiary/aromatic N) is 2. The Balaban J connectivity index is 1.82. The second-order valence-electron chi connectivity index (χ2n) is 12.7. The first-order valence-corrected chi connectivity index (χ1v) is 13.9. The number of rotatable bonds is 7. The third kappa shape index (κ3) is 6.67. The predicted molar refractivity (Wildman–Crippen MR) is 161 cm³/mol. The Labute approximate surface area is 237 Å². The van der Waals surface area contributed by atoms with Crippen LogP contribution in [0.3, 0.4) is 0 Å². The number of benzene rings is 2. The van der Waals surface area contributed by atoms with E-state index in [9.17, 15) is 19.8 Å². The summed E-state index contributed by atoms with van der Waals surface area (Å²) >= 11 is 0. The van der Waals surface area contributed by atoms with Crippen LogP contribution in [0.25, 0.3) is 0 Å². The molecule has 0 bridgehead atoms. The fourth-order valence-electron chi connectivity index (χ4n) is 5.61. The van der Waals surface area contributed by atoms with Crippen LogP contribution in [0.1, 0.15) is 77.3 Å². The van der Waals surface area contributed by atoms with Crippen LogP contribution in [-0.4, -0.2) is 33.2 Å². The van der Waals surface area contributed by atoms with E-state index in [0.717, 1.165) is 11.1 Å². The van der Waals surface area contributed by atoms with Gasteiger partial charge in [-0.05, 0) is 60.8 Å². The van der Waals surface area contributed by atoms with Gasteiger partial charge in [-0.15, -0.1) is 0 Å². The van der Waals surface area contributed by atoms with E-state index in [2.05, 4.69) is 0 Å². The number of Topliss-reactive ketones (excluding diaryl/α,β-unsaturated/α-hetero) is 2. The minimum Gasteiger partial charge on any atom is -0.511 e. The molecule has 0 radical (unpaired) electrons. The minimum absolute atomic E-state index is 0.0449. The number of carbonyl (C=O) groups excluding carboxylic acids is 2. The fraction of sp³-hybridized carbons (Fsp3) is 0.412. The van der Waals surface area contributed by atoms with Crippen molar-refractivity contribution in [2.45, 2.75) is 80.1 Å². The van der Waals surface area contributed by atoms with Crippen molar-refractivity contribution in [1.82, 2.24) is 0 Å². The predicted octanol–water partition coefficient (Wildman–Crippen LogP) is 8.33. The molecule has 0 amide bonds. The second-order valence-corrected chi connectivity index (χ2v) is 12.7. The van der Waals surface area contributed by atoms with E-state index in [1.165, 1.54) is 0 Å². The highest BCUT2D eigenvalue weighted by atomic mass is 16.3. The van der Waals surface area contributed by atoms with Gasteiger partial charge in [0.1, 0.15) is 11.5 Å². The average Bonchev–Trinajstić information content (AvgIpc) is 2.82. The van der Waals surface area contributed by atoms with Crippen LogP contribution in [-0.2, 0) is 9.59 Å². The van der Waals surface area contributed by atoms with Gasteiger partial charge in [0, 0.05) is 25.7 Å². The summed E-state index contributed by atoms with van der Waals surface area (Å²) in [5.74, 6) is -0.195. The molecule has 0 unspecified atom stereocenters. The highest BCUT2D eigenvalue weighted by molar-refractivity contribution is 6.27. The van der Waals surface area contributed by atoms with E-state index < -0.39 is 0 Å². The number of hydrogen-bond acceptors (Lipinski definition) is 6. The summed E-state index contributed by atoms with van der Waals surface area (Å²) in [5.41, 5.74) is 4.09. The molecule has 0 aliphatic heterocycles. The number of aryl methyl sites for hydroxylation is 2. The molecule has 2 aliphatic rings. The summed E-state index contributed by atoms with van der Waals surface area (Å²) in [6.45, 7) is 11.8. The van der Waals surface area contributed by atoms with Gasteiger partial charge in [-0.2, -0.15) is 0 Å². The van der Waals surface area contributed by atoms with Crippen LogP contribution in [0.2, 0.25) is 0 Å². The Morgan fingerprint density at radius 1 is 0.650 bits per heavy atom. The van der Waals surface area contributed by atoms with Gasteiger partial charge in [0.05, 0.1) is 33.9 Å². The normalized spacial score (nSPS) is 19.9. The van der Waals surface area contributed by atoms with E-state index in [1.807, 2.05) is 90.1 Å². The van der Waals surface area contributed by atoms with Crippen molar-refractivity contribution < 1.29 is 19.8 Å². The fourth-order valence-corrected chi connectivity index (χ4v) is 5.61. The molecule has 0 heterocycles. The number of aliphatic hydroxyl groups excluding tert-OH is 2. The molecule has 40 heavy (non-hydrogen) atoms. The maximum atomic E-state index is 13.4. The summed E-state index contributed by atoms with van der Waals surface area (Å²) in [5, 5.41) is 22.1. The highest BCUT2D eigenvalue weighted by Crippen LogP contribution is 2.39. The van der Waals surface area contributed by atoms with Crippen molar-refractivity contribution >= 4 is 34.4 Å². The summed E-state index contributed by atoms with van der Waals surface area (Å²) < 4.78 is 0. The first kappa shape index (κ1) is 29.2. The topological polar surface area (TPSA) is 99.3 Å². The molecular weight excluding hydrogens is 500 g/mol. The van der Waals surface area contributed by atoms with E-state index >= 15 is 0 Å². The molecule has 210 valence electrons. The molecule has 0 saturated heterocycles. The van der Waals surface area contributed by atoms with Gasteiger partial charge in [-0.1, -0.05) is 64.1 Å². The third-order valence-electron chi connectivity index (χ3n) is 7.62.